The fourth-order valence-corrected chi connectivity index (χ4v) is 2.94. The second-order valence-electron chi connectivity index (χ2n) is 4.89. The van der Waals surface area contributed by atoms with E-state index in [1.165, 1.54) is 0 Å². The maximum Gasteiger partial charge on any atom is 0.261 e. The van der Waals surface area contributed by atoms with E-state index in [9.17, 15) is 4.79 Å². The Morgan fingerprint density at radius 2 is 1.83 bits per heavy atom. The van der Waals surface area contributed by atoms with Gasteiger partial charge < -0.3 is 19.1 Å². The summed E-state index contributed by atoms with van der Waals surface area (Å²) in [5.41, 5.74) is 1.53. The second kappa shape index (κ2) is 8.55. The van der Waals surface area contributed by atoms with Gasteiger partial charge in [0.15, 0.2) is 0 Å². The summed E-state index contributed by atoms with van der Waals surface area (Å²) in [5, 5.41) is 4.03. The van der Waals surface area contributed by atoms with Gasteiger partial charge in [-0.3, -0.25) is 4.79 Å². The van der Waals surface area contributed by atoms with Crippen molar-refractivity contribution in [2.75, 3.05) is 34.5 Å². The lowest BCUT2D eigenvalue weighted by molar-refractivity contribution is 0.0674. The lowest BCUT2D eigenvalue weighted by Crippen LogP contribution is -2.33. The summed E-state index contributed by atoms with van der Waals surface area (Å²) in [4.78, 5) is 14.8. The lowest BCUT2D eigenvalue weighted by atomic mass is 10.1. The van der Waals surface area contributed by atoms with E-state index >= 15 is 0 Å². The first-order valence-electron chi connectivity index (χ1n) is 7.21. The molecule has 2 rings (SSSR count). The van der Waals surface area contributed by atoms with Gasteiger partial charge in [-0.1, -0.05) is 6.07 Å². The number of amides is 1. The molecule has 0 aliphatic rings. The summed E-state index contributed by atoms with van der Waals surface area (Å²) < 4.78 is 15.8. The van der Waals surface area contributed by atoms with E-state index in [0.29, 0.717) is 36.8 Å². The van der Waals surface area contributed by atoms with Crippen LogP contribution < -0.4 is 9.47 Å². The smallest absolute Gasteiger partial charge is 0.261 e. The zero-order valence-electron chi connectivity index (χ0n) is 13.6. The van der Waals surface area contributed by atoms with Gasteiger partial charge in [0.25, 0.3) is 5.91 Å². The van der Waals surface area contributed by atoms with Gasteiger partial charge in [0.2, 0.25) is 0 Å². The largest absolute Gasteiger partial charge is 0.496 e. The summed E-state index contributed by atoms with van der Waals surface area (Å²) in [6.45, 7) is 1.48. The third kappa shape index (κ3) is 4.24. The molecule has 0 aliphatic carbocycles. The van der Waals surface area contributed by atoms with Gasteiger partial charge >= 0.3 is 0 Å². The fourth-order valence-electron chi connectivity index (χ4n) is 2.28. The Hall–Kier alpha value is -2.05. The van der Waals surface area contributed by atoms with Crippen molar-refractivity contribution in [1.29, 1.82) is 0 Å². The molecule has 1 aromatic carbocycles. The fraction of sp³-hybridized carbons (Fsp3) is 0.353. The van der Waals surface area contributed by atoms with Crippen LogP contribution in [0.1, 0.15) is 15.9 Å². The topological polar surface area (TPSA) is 48.0 Å². The monoisotopic (exact) mass is 335 g/mol. The van der Waals surface area contributed by atoms with Crippen molar-refractivity contribution < 1.29 is 19.0 Å². The molecule has 1 aromatic heterocycles. The molecule has 0 atom stereocenters. The van der Waals surface area contributed by atoms with E-state index < -0.39 is 0 Å². The first kappa shape index (κ1) is 17.3. The average molecular weight is 335 g/mol. The number of rotatable bonds is 8. The summed E-state index contributed by atoms with van der Waals surface area (Å²) in [6.07, 6.45) is 0. The molecule has 2 aromatic rings. The molecule has 0 saturated carbocycles. The Kier molecular flexibility index (Phi) is 6.43. The quantitative estimate of drug-likeness (QED) is 0.744. The van der Waals surface area contributed by atoms with E-state index in [0.717, 1.165) is 5.56 Å². The van der Waals surface area contributed by atoms with E-state index in [1.807, 2.05) is 16.8 Å². The standard InChI is InChI=1S/C17H21NO4S/c1-20-9-8-18(11-13-7-10-23-12-13)17(19)16-14(21-2)5-4-6-15(16)22-3/h4-7,10,12H,8-9,11H2,1-3H3. The maximum absolute atomic E-state index is 13.1. The zero-order valence-corrected chi connectivity index (χ0v) is 14.4. The molecule has 0 N–H and O–H groups in total. The van der Waals surface area contributed by atoms with Crippen LogP contribution in [0, 0.1) is 0 Å². The summed E-state index contributed by atoms with van der Waals surface area (Å²) >= 11 is 1.61. The van der Waals surface area contributed by atoms with Gasteiger partial charge in [0.1, 0.15) is 17.1 Å². The third-order valence-electron chi connectivity index (χ3n) is 3.45. The van der Waals surface area contributed by atoms with Gasteiger partial charge in [0, 0.05) is 20.2 Å². The predicted molar refractivity (Wildman–Crippen MR) is 90.5 cm³/mol. The minimum atomic E-state index is -0.137. The molecule has 0 spiro atoms. The number of ether oxygens (including phenoxy) is 3. The summed E-state index contributed by atoms with van der Waals surface area (Å²) in [7, 11) is 4.71. The minimum Gasteiger partial charge on any atom is -0.496 e. The number of hydrogen-bond donors (Lipinski definition) is 0. The van der Waals surface area contributed by atoms with E-state index in [-0.39, 0.29) is 5.91 Å². The van der Waals surface area contributed by atoms with Crippen LogP contribution in [0.4, 0.5) is 0 Å². The van der Waals surface area contributed by atoms with Gasteiger partial charge in [-0.2, -0.15) is 11.3 Å². The van der Waals surface area contributed by atoms with Crippen LogP contribution >= 0.6 is 11.3 Å². The van der Waals surface area contributed by atoms with E-state index in [4.69, 9.17) is 14.2 Å². The van der Waals surface area contributed by atoms with Crippen molar-refractivity contribution in [1.82, 2.24) is 4.90 Å². The Morgan fingerprint density at radius 3 is 2.35 bits per heavy atom. The highest BCUT2D eigenvalue weighted by Crippen LogP contribution is 2.30. The normalized spacial score (nSPS) is 10.4. The molecule has 0 unspecified atom stereocenters. The first-order chi connectivity index (χ1) is 11.2. The lowest BCUT2D eigenvalue weighted by Gasteiger charge is -2.24. The molecule has 0 bridgehead atoms. The molecule has 6 heteroatoms. The highest BCUT2D eigenvalue weighted by Gasteiger charge is 2.24. The SMILES string of the molecule is COCCN(Cc1ccsc1)C(=O)c1c(OC)cccc1OC. The highest BCUT2D eigenvalue weighted by molar-refractivity contribution is 7.07. The van der Waals surface area contributed by atoms with Crippen molar-refractivity contribution in [3.8, 4) is 11.5 Å². The van der Waals surface area contributed by atoms with Crippen LogP contribution in [0.5, 0.6) is 11.5 Å². The third-order valence-corrected chi connectivity index (χ3v) is 4.18. The number of hydrogen-bond acceptors (Lipinski definition) is 5. The molecule has 0 saturated heterocycles. The zero-order chi connectivity index (χ0) is 16.7. The Labute approximate surface area is 140 Å². The highest BCUT2D eigenvalue weighted by atomic mass is 32.1. The number of benzene rings is 1. The molecule has 0 fully saturated rings. The van der Waals surface area contributed by atoms with Crippen LogP contribution in [0.3, 0.4) is 0 Å². The van der Waals surface area contributed by atoms with Crippen molar-refractivity contribution in [3.63, 3.8) is 0 Å². The van der Waals surface area contributed by atoms with Crippen molar-refractivity contribution in [2.24, 2.45) is 0 Å². The van der Waals surface area contributed by atoms with Crippen molar-refractivity contribution in [3.05, 3.63) is 46.2 Å². The van der Waals surface area contributed by atoms with Crippen LogP contribution in [-0.2, 0) is 11.3 Å². The molecule has 0 radical (unpaired) electrons. The minimum absolute atomic E-state index is 0.137. The van der Waals surface area contributed by atoms with Gasteiger partial charge in [-0.05, 0) is 34.5 Å². The van der Waals surface area contributed by atoms with Crippen LogP contribution in [-0.4, -0.2) is 45.3 Å². The number of methoxy groups -OCH3 is 3. The van der Waals surface area contributed by atoms with E-state index in [2.05, 4.69) is 0 Å². The predicted octanol–water partition coefficient (Wildman–Crippen LogP) is 3.05. The number of thiophene rings is 1. The van der Waals surface area contributed by atoms with Crippen molar-refractivity contribution >= 4 is 17.2 Å². The molecule has 0 aliphatic heterocycles. The summed E-state index contributed by atoms with van der Waals surface area (Å²) in [5.74, 6) is 0.867. The van der Waals surface area contributed by atoms with Crippen LogP contribution in [0.25, 0.3) is 0 Å². The molecule has 1 heterocycles. The van der Waals surface area contributed by atoms with Crippen LogP contribution in [0.15, 0.2) is 35.0 Å². The number of nitrogens with zero attached hydrogens (tertiary/aromatic N) is 1. The number of carbonyl (C=O) groups excluding carboxylic acids is 1. The Bertz CT molecular complexity index is 605. The molecular formula is C17H21NO4S. The molecule has 124 valence electrons. The molecule has 1 amide bonds. The molecule has 23 heavy (non-hydrogen) atoms. The summed E-state index contributed by atoms with van der Waals surface area (Å²) in [6, 6.07) is 7.33. The molecular weight excluding hydrogens is 314 g/mol. The Morgan fingerprint density at radius 1 is 1.13 bits per heavy atom. The van der Waals surface area contributed by atoms with Gasteiger partial charge in [0.05, 0.1) is 20.8 Å². The van der Waals surface area contributed by atoms with Gasteiger partial charge in [-0.25, -0.2) is 0 Å². The van der Waals surface area contributed by atoms with Gasteiger partial charge in [-0.15, -0.1) is 0 Å². The maximum atomic E-state index is 13.1. The van der Waals surface area contributed by atoms with Crippen LogP contribution in [0.2, 0.25) is 0 Å². The second-order valence-corrected chi connectivity index (χ2v) is 5.67. The Balaban J connectivity index is 2.32. The first-order valence-corrected chi connectivity index (χ1v) is 8.15. The molecule has 5 nitrogen and oxygen atoms in total. The number of carbonyl (C=O) groups is 1. The van der Waals surface area contributed by atoms with E-state index in [1.54, 1.807) is 55.8 Å². The average Bonchev–Trinajstić information content (AvgIpc) is 3.10. The van der Waals surface area contributed by atoms with Crippen molar-refractivity contribution in [2.45, 2.75) is 6.54 Å².